The summed E-state index contributed by atoms with van der Waals surface area (Å²) in [6, 6.07) is 3.66. The molecule has 0 radical (unpaired) electrons. The standard InChI is InChI=1S/C18H21FN4O4S/c1-26-17-3-2-14(10-15(17)19)28(24,25)23-5-4-13-11-20-18(21-16(13)12-23)22-6-8-27-9-7-22/h2-3,10-11H,4-9,12H2,1H3. The lowest BCUT2D eigenvalue weighted by molar-refractivity contribution is 0.122. The van der Waals surface area contributed by atoms with Gasteiger partial charge in [0.2, 0.25) is 16.0 Å². The average molecular weight is 408 g/mol. The lowest BCUT2D eigenvalue weighted by atomic mass is 10.1. The van der Waals surface area contributed by atoms with Gasteiger partial charge in [0.05, 0.1) is 37.5 Å². The highest BCUT2D eigenvalue weighted by molar-refractivity contribution is 7.89. The fraction of sp³-hybridized carbons (Fsp3) is 0.444. The number of benzene rings is 1. The number of fused-ring (bicyclic) bond motifs is 1. The van der Waals surface area contributed by atoms with Gasteiger partial charge in [-0.25, -0.2) is 22.8 Å². The van der Waals surface area contributed by atoms with Crippen LogP contribution in [0.2, 0.25) is 0 Å². The van der Waals surface area contributed by atoms with Crippen LogP contribution in [0.25, 0.3) is 0 Å². The molecule has 1 aromatic carbocycles. The van der Waals surface area contributed by atoms with Gasteiger partial charge in [-0.05, 0) is 30.2 Å². The number of hydrogen-bond acceptors (Lipinski definition) is 7. The van der Waals surface area contributed by atoms with Crippen LogP contribution in [0.15, 0.2) is 29.3 Å². The second kappa shape index (κ2) is 7.61. The number of halogens is 1. The van der Waals surface area contributed by atoms with E-state index < -0.39 is 15.8 Å². The minimum atomic E-state index is -3.85. The molecule has 10 heteroatoms. The molecule has 1 saturated heterocycles. The Kier molecular flexibility index (Phi) is 5.17. The van der Waals surface area contributed by atoms with Crippen molar-refractivity contribution in [2.75, 3.05) is 44.9 Å². The fourth-order valence-electron chi connectivity index (χ4n) is 3.35. The monoisotopic (exact) mass is 408 g/mol. The first-order chi connectivity index (χ1) is 13.5. The van der Waals surface area contributed by atoms with Crippen LogP contribution in [-0.4, -0.2) is 62.6 Å². The highest BCUT2D eigenvalue weighted by atomic mass is 32.2. The van der Waals surface area contributed by atoms with Crippen molar-refractivity contribution in [3.05, 3.63) is 41.5 Å². The molecule has 1 aromatic heterocycles. The third-order valence-electron chi connectivity index (χ3n) is 4.95. The molecule has 150 valence electrons. The Hall–Kier alpha value is -2.30. The molecule has 0 amide bonds. The maximum Gasteiger partial charge on any atom is 0.243 e. The van der Waals surface area contributed by atoms with Crippen LogP contribution in [0, 0.1) is 5.82 Å². The Bertz CT molecular complexity index is 980. The van der Waals surface area contributed by atoms with E-state index in [1.165, 1.54) is 23.5 Å². The molecule has 2 aliphatic rings. The van der Waals surface area contributed by atoms with Crippen LogP contribution >= 0.6 is 0 Å². The third-order valence-corrected chi connectivity index (χ3v) is 6.79. The summed E-state index contributed by atoms with van der Waals surface area (Å²) < 4.78 is 51.5. The molecular formula is C18H21FN4O4S. The highest BCUT2D eigenvalue weighted by Crippen LogP contribution is 2.27. The first kappa shape index (κ1) is 19.0. The van der Waals surface area contributed by atoms with Gasteiger partial charge in [-0.2, -0.15) is 4.31 Å². The minimum absolute atomic E-state index is 0.00540. The highest BCUT2D eigenvalue weighted by Gasteiger charge is 2.30. The SMILES string of the molecule is COc1ccc(S(=O)(=O)N2CCc3cnc(N4CCOCC4)nc3C2)cc1F. The molecule has 2 aliphatic heterocycles. The molecule has 0 N–H and O–H groups in total. The van der Waals surface area contributed by atoms with Crippen LogP contribution in [0.3, 0.4) is 0 Å². The molecule has 8 nitrogen and oxygen atoms in total. The Labute approximate surface area is 163 Å². The lowest BCUT2D eigenvalue weighted by Gasteiger charge is -2.30. The van der Waals surface area contributed by atoms with Crippen molar-refractivity contribution in [3.8, 4) is 5.75 Å². The van der Waals surface area contributed by atoms with Crippen molar-refractivity contribution >= 4 is 16.0 Å². The summed E-state index contributed by atoms with van der Waals surface area (Å²) in [6.07, 6.45) is 2.28. The Morgan fingerprint density at radius 1 is 1.21 bits per heavy atom. The average Bonchev–Trinajstić information content (AvgIpc) is 2.73. The van der Waals surface area contributed by atoms with Crippen molar-refractivity contribution in [2.24, 2.45) is 0 Å². The molecule has 0 unspecified atom stereocenters. The van der Waals surface area contributed by atoms with E-state index in [4.69, 9.17) is 9.47 Å². The summed E-state index contributed by atoms with van der Waals surface area (Å²) in [5.74, 6) is -0.125. The zero-order valence-corrected chi connectivity index (χ0v) is 16.3. The number of anilines is 1. The van der Waals surface area contributed by atoms with Crippen molar-refractivity contribution in [3.63, 3.8) is 0 Å². The van der Waals surface area contributed by atoms with Gasteiger partial charge in [-0.3, -0.25) is 0 Å². The largest absolute Gasteiger partial charge is 0.494 e. The van der Waals surface area contributed by atoms with Gasteiger partial charge >= 0.3 is 0 Å². The fourth-order valence-corrected chi connectivity index (χ4v) is 4.76. The second-order valence-electron chi connectivity index (χ2n) is 6.63. The summed E-state index contributed by atoms with van der Waals surface area (Å²) >= 11 is 0. The molecule has 0 bridgehead atoms. The lowest BCUT2D eigenvalue weighted by Crippen LogP contribution is -2.39. The smallest absolute Gasteiger partial charge is 0.243 e. The summed E-state index contributed by atoms with van der Waals surface area (Å²) in [7, 11) is -2.51. The molecule has 3 heterocycles. The molecule has 0 spiro atoms. The summed E-state index contributed by atoms with van der Waals surface area (Å²) in [5.41, 5.74) is 1.62. The van der Waals surface area contributed by atoms with E-state index in [0.717, 1.165) is 11.6 Å². The van der Waals surface area contributed by atoms with Crippen molar-refractivity contribution in [1.29, 1.82) is 0 Å². The van der Waals surface area contributed by atoms with E-state index in [9.17, 15) is 12.8 Å². The Balaban J connectivity index is 1.59. The zero-order chi connectivity index (χ0) is 19.7. The summed E-state index contributed by atoms with van der Waals surface area (Å²) in [4.78, 5) is 10.9. The van der Waals surface area contributed by atoms with Crippen LogP contribution in [0.1, 0.15) is 11.3 Å². The second-order valence-corrected chi connectivity index (χ2v) is 8.56. The van der Waals surface area contributed by atoms with E-state index in [2.05, 4.69) is 9.97 Å². The minimum Gasteiger partial charge on any atom is -0.494 e. The van der Waals surface area contributed by atoms with Gasteiger partial charge in [-0.15, -0.1) is 0 Å². The number of hydrogen-bond donors (Lipinski definition) is 0. The van der Waals surface area contributed by atoms with Crippen molar-refractivity contribution in [1.82, 2.24) is 14.3 Å². The molecule has 0 saturated carbocycles. The summed E-state index contributed by atoms with van der Waals surface area (Å²) in [5, 5.41) is 0. The molecule has 0 atom stereocenters. The van der Waals surface area contributed by atoms with Crippen molar-refractivity contribution < 1.29 is 22.3 Å². The third kappa shape index (κ3) is 3.54. The zero-order valence-electron chi connectivity index (χ0n) is 15.5. The predicted octanol–water partition coefficient (Wildman–Crippen LogP) is 1.21. The van der Waals surface area contributed by atoms with Gasteiger partial charge in [0, 0.05) is 25.8 Å². The first-order valence-electron chi connectivity index (χ1n) is 9.00. The van der Waals surface area contributed by atoms with Crippen LogP contribution in [0.4, 0.5) is 10.3 Å². The van der Waals surface area contributed by atoms with Crippen LogP contribution < -0.4 is 9.64 Å². The number of ether oxygens (including phenoxy) is 2. The van der Waals surface area contributed by atoms with E-state index >= 15 is 0 Å². The summed E-state index contributed by atoms with van der Waals surface area (Å²) in [6.45, 7) is 3.06. The molecule has 2 aromatic rings. The first-order valence-corrected chi connectivity index (χ1v) is 10.4. The van der Waals surface area contributed by atoms with Crippen LogP contribution in [-0.2, 0) is 27.7 Å². The maximum absolute atomic E-state index is 14.0. The number of morpholine rings is 1. The predicted molar refractivity (Wildman–Crippen MR) is 99.3 cm³/mol. The number of sulfonamides is 1. The van der Waals surface area contributed by atoms with Gasteiger partial charge in [0.1, 0.15) is 0 Å². The van der Waals surface area contributed by atoms with Crippen molar-refractivity contribution in [2.45, 2.75) is 17.9 Å². The number of rotatable bonds is 4. The van der Waals surface area contributed by atoms with Gasteiger partial charge in [0.25, 0.3) is 0 Å². The topological polar surface area (TPSA) is 84.9 Å². The molecule has 28 heavy (non-hydrogen) atoms. The number of methoxy groups -OCH3 is 1. The van der Waals surface area contributed by atoms with Gasteiger partial charge in [0.15, 0.2) is 11.6 Å². The van der Waals surface area contributed by atoms with E-state index in [1.54, 1.807) is 6.20 Å². The Morgan fingerprint density at radius 2 is 2.00 bits per heavy atom. The quantitative estimate of drug-likeness (QED) is 0.752. The van der Waals surface area contributed by atoms with E-state index in [0.29, 0.717) is 50.9 Å². The molecular weight excluding hydrogens is 387 g/mol. The Morgan fingerprint density at radius 3 is 2.71 bits per heavy atom. The number of aromatic nitrogens is 2. The van der Waals surface area contributed by atoms with E-state index in [-0.39, 0.29) is 17.2 Å². The van der Waals surface area contributed by atoms with E-state index in [1.807, 2.05) is 4.90 Å². The van der Waals surface area contributed by atoms with Gasteiger partial charge in [-0.1, -0.05) is 0 Å². The molecule has 0 aliphatic carbocycles. The normalized spacial score (nSPS) is 18.0. The number of nitrogens with zero attached hydrogens (tertiary/aromatic N) is 4. The molecule has 4 rings (SSSR count). The maximum atomic E-state index is 14.0. The van der Waals surface area contributed by atoms with Crippen LogP contribution in [0.5, 0.6) is 5.75 Å². The van der Waals surface area contributed by atoms with Gasteiger partial charge < -0.3 is 14.4 Å². The molecule has 1 fully saturated rings.